The molecule has 0 atom stereocenters. The Hall–Kier alpha value is -4.20. The number of urea groups is 1. The first kappa shape index (κ1) is 17.2. The second-order valence-electron chi connectivity index (χ2n) is 6.12. The predicted molar refractivity (Wildman–Crippen MR) is 106 cm³/mol. The van der Waals surface area contributed by atoms with Crippen LogP contribution in [0, 0.1) is 0 Å². The lowest BCUT2D eigenvalue weighted by Crippen LogP contribution is -2.22. The van der Waals surface area contributed by atoms with Crippen LogP contribution in [0.4, 0.5) is 10.5 Å². The van der Waals surface area contributed by atoms with Gasteiger partial charge in [-0.1, -0.05) is 30.3 Å². The highest BCUT2D eigenvalue weighted by molar-refractivity contribution is 6.01. The van der Waals surface area contributed by atoms with Crippen molar-refractivity contribution in [3.05, 3.63) is 72.7 Å². The van der Waals surface area contributed by atoms with Gasteiger partial charge in [0.1, 0.15) is 0 Å². The first-order valence-electron chi connectivity index (χ1n) is 8.43. The number of carbonyl (C=O) groups is 2. The zero-order valence-corrected chi connectivity index (χ0v) is 14.7. The number of primary amides is 2. The van der Waals surface area contributed by atoms with E-state index in [9.17, 15) is 9.59 Å². The number of nitrogens with two attached hydrogens (primary N) is 2. The van der Waals surface area contributed by atoms with Gasteiger partial charge < -0.3 is 16.8 Å². The van der Waals surface area contributed by atoms with Crippen molar-refractivity contribution in [3.63, 3.8) is 0 Å². The number of fused-ring (bicyclic) bond motifs is 1. The summed E-state index contributed by atoms with van der Waals surface area (Å²) in [5.41, 5.74) is 14.1. The van der Waals surface area contributed by atoms with Crippen molar-refractivity contribution in [1.82, 2.24) is 14.8 Å². The van der Waals surface area contributed by atoms with E-state index in [1.807, 2.05) is 54.6 Å². The quantitative estimate of drug-likeness (QED) is 0.508. The van der Waals surface area contributed by atoms with Crippen LogP contribution in [-0.2, 0) is 0 Å². The number of pyridine rings is 1. The first-order valence-corrected chi connectivity index (χ1v) is 8.43. The van der Waals surface area contributed by atoms with E-state index in [1.54, 1.807) is 6.20 Å². The van der Waals surface area contributed by atoms with Crippen molar-refractivity contribution in [1.29, 1.82) is 0 Å². The Morgan fingerprint density at radius 2 is 1.82 bits per heavy atom. The number of hydrogen-bond acceptors (Lipinski definition) is 4. The molecule has 4 rings (SSSR count). The number of carbonyl (C=O) groups excluding carboxylic acids is 2. The monoisotopic (exact) mass is 372 g/mol. The summed E-state index contributed by atoms with van der Waals surface area (Å²) in [4.78, 5) is 27.2. The van der Waals surface area contributed by atoms with Gasteiger partial charge in [0.2, 0.25) is 0 Å². The molecule has 0 saturated carbocycles. The Balaban J connectivity index is 1.81. The van der Waals surface area contributed by atoms with Gasteiger partial charge in [-0.25, -0.2) is 9.48 Å². The third-order valence-corrected chi connectivity index (χ3v) is 4.27. The fourth-order valence-corrected chi connectivity index (χ4v) is 3.08. The molecule has 0 spiro atoms. The number of benzene rings is 2. The van der Waals surface area contributed by atoms with Crippen LogP contribution in [0.1, 0.15) is 10.5 Å². The van der Waals surface area contributed by atoms with Crippen LogP contribution < -0.4 is 16.8 Å². The summed E-state index contributed by atoms with van der Waals surface area (Å²) < 4.78 is 1.47. The lowest BCUT2D eigenvalue weighted by atomic mass is 10.0. The molecule has 0 aliphatic heterocycles. The maximum absolute atomic E-state index is 11.6. The van der Waals surface area contributed by atoms with E-state index in [1.165, 1.54) is 10.9 Å². The lowest BCUT2D eigenvalue weighted by Gasteiger charge is -2.08. The Bertz CT molecular complexity index is 1210. The van der Waals surface area contributed by atoms with E-state index < -0.39 is 11.9 Å². The molecule has 0 radical (unpaired) electrons. The molecule has 0 aliphatic rings. The van der Waals surface area contributed by atoms with Crippen molar-refractivity contribution in [3.8, 4) is 16.8 Å². The van der Waals surface area contributed by atoms with Gasteiger partial charge in [0.05, 0.1) is 23.1 Å². The standard InChI is InChI=1S/C20H16N6O2/c21-19(27)18-17(24-20(22)28)11-26(25-18)13-5-1-4-12(10-13)14-6-2-8-16-15(14)7-3-9-23-16/h1-11H,(H2,21,27)(H3,22,24,28). The van der Waals surface area contributed by atoms with E-state index in [0.717, 1.165) is 22.0 Å². The molecule has 2 aromatic heterocycles. The van der Waals surface area contributed by atoms with E-state index in [4.69, 9.17) is 11.5 Å². The summed E-state index contributed by atoms with van der Waals surface area (Å²) in [7, 11) is 0. The third-order valence-electron chi connectivity index (χ3n) is 4.27. The second kappa shape index (κ2) is 6.84. The molecule has 0 aliphatic carbocycles. The number of nitrogens with zero attached hydrogens (tertiary/aromatic N) is 3. The molecule has 138 valence electrons. The summed E-state index contributed by atoms with van der Waals surface area (Å²) in [5.74, 6) is -0.765. The summed E-state index contributed by atoms with van der Waals surface area (Å²) in [6.45, 7) is 0. The molecule has 2 heterocycles. The van der Waals surface area contributed by atoms with Crippen molar-refractivity contribution >= 4 is 28.5 Å². The van der Waals surface area contributed by atoms with E-state index in [0.29, 0.717) is 5.69 Å². The molecule has 0 unspecified atom stereocenters. The maximum atomic E-state index is 11.6. The molecule has 0 bridgehead atoms. The van der Waals surface area contributed by atoms with E-state index in [2.05, 4.69) is 15.4 Å². The topological polar surface area (TPSA) is 129 Å². The maximum Gasteiger partial charge on any atom is 0.316 e. The molecular formula is C20H16N6O2. The van der Waals surface area contributed by atoms with Gasteiger partial charge >= 0.3 is 6.03 Å². The van der Waals surface area contributed by atoms with Crippen molar-refractivity contribution in [2.24, 2.45) is 11.5 Å². The van der Waals surface area contributed by atoms with Crippen molar-refractivity contribution in [2.75, 3.05) is 5.32 Å². The number of aromatic nitrogens is 3. The molecule has 0 fully saturated rings. The Kier molecular flexibility index (Phi) is 4.21. The van der Waals surface area contributed by atoms with Crippen LogP contribution in [-0.4, -0.2) is 26.7 Å². The van der Waals surface area contributed by atoms with Crippen molar-refractivity contribution < 1.29 is 9.59 Å². The minimum Gasteiger partial charge on any atom is -0.364 e. The van der Waals surface area contributed by atoms with Crippen LogP contribution >= 0.6 is 0 Å². The smallest absolute Gasteiger partial charge is 0.316 e. The molecule has 28 heavy (non-hydrogen) atoms. The molecule has 8 heteroatoms. The Morgan fingerprint density at radius 1 is 1.00 bits per heavy atom. The fourth-order valence-electron chi connectivity index (χ4n) is 3.08. The summed E-state index contributed by atoms with van der Waals surface area (Å²) in [5, 5.41) is 7.58. The molecule has 3 amide bonds. The van der Waals surface area contributed by atoms with E-state index >= 15 is 0 Å². The van der Waals surface area contributed by atoms with Gasteiger partial charge in [-0.2, -0.15) is 5.10 Å². The van der Waals surface area contributed by atoms with Gasteiger partial charge in [-0.15, -0.1) is 0 Å². The third kappa shape index (κ3) is 3.14. The average molecular weight is 372 g/mol. The van der Waals surface area contributed by atoms with Crippen molar-refractivity contribution in [2.45, 2.75) is 0 Å². The van der Waals surface area contributed by atoms with Gasteiger partial charge in [-0.3, -0.25) is 9.78 Å². The fraction of sp³-hybridized carbons (Fsp3) is 0. The Labute approximate surface area is 159 Å². The van der Waals surface area contributed by atoms with Crippen LogP contribution in [0.5, 0.6) is 0 Å². The minimum atomic E-state index is -0.806. The number of amides is 3. The number of hydrogen-bond donors (Lipinski definition) is 3. The van der Waals surface area contributed by atoms with Gasteiger partial charge in [0.15, 0.2) is 5.69 Å². The lowest BCUT2D eigenvalue weighted by molar-refractivity contribution is 0.0996. The number of anilines is 1. The minimum absolute atomic E-state index is 0.0708. The number of rotatable bonds is 4. The van der Waals surface area contributed by atoms with Crippen LogP contribution in [0.25, 0.3) is 27.7 Å². The highest BCUT2D eigenvalue weighted by Crippen LogP contribution is 2.29. The molecule has 5 N–H and O–H groups in total. The molecule has 0 saturated heterocycles. The predicted octanol–water partition coefficient (Wildman–Crippen LogP) is 2.68. The van der Waals surface area contributed by atoms with Crippen LogP contribution in [0.2, 0.25) is 0 Å². The highest BCUT2D eigenvalue weighted by atomic mass is 16.2. The SMILES string of the molecule is NC(=O)Nc1cn(-c2cccc(-c3cccc4ncccc34)c2)nc1C(N)=O. The van der Waals surface area contributed by atoms with Crippen LogP contribution in [0.3, 0.4) is 0 Å². The van der Waals surface area contributed by atoms with Crippen LogP contribution in [0.15, 0.2) is 67.0 Å². The normalized spacial score (nSPS) is 10.7. The Morgan fingerprint density at radius 3 is 2.61 bits per heavy atom. The largest absolute Gasteiger partial charge is 0.364 e. The van der Waals surface area contributed by atoms with Gasteiger partial charge in [-0.05, 0) is 35.4 Å². The average Bonchev–Trinajstić information content (AvgIpc) is 3.11. The summed E-state index contributed by atoms with van der Waals surface area (Å²) in [6, 6.07) is 16.6. The zero-order valence-electron chi connectivity index (χ0n) is 14.7. The second-order valence-corrected chi connectivity index (χ2v) is 6.12. The first-order chi connectivity index (χ1) is 13.5. The molecular weight excluding hydrogens is 356 g/mol. The summed E-state index contributed by atoms with van der Waals surface area (Å²) >= 11 is 0. The molecule has 2 aromatic carbocycles. The zero-order chi connectivity index (χ0) is 19.7. The van der Waals surface area contributed by atoms with Gasteiger partial charge in [0, 0.05) is 11.6 Å². The molecule has 4 aromatic rings. The number of nitrogens with one attached hydrogen (secondary N) is 1. The highest BCUT2D eigenvalue weighted by Gasteiger charge is 2.16. The van der Waals surface area contributed by atoms with E-state index in [-0.39, 0.29) is 11.4 Å². The van der Waals surface area contributed by atoms with Gasteiger partial charge in [0.25, 0.3) is 5.91 Å². The molecule has 8 nitrogen and oxygen atoms in total. The summed E-state index contributed by atoms with van der Waals surface area (Å²) in [6.07, 6.45) is 3.25.